The summed E-state index contributed by atoms with van der Waals surface area (Å²) in [4.78, 5) is 12.5. The molecule has 146 valence electrons. The van der Waals surface area contributed by atoms with Crippen LogP contribution < -0.4 is 14.4 Å². The Kier molecular flexibility index (Phi) is 7.10. The van der Waals surface area contributed by atoms with Crippen molar-refractivity contribution in [3.8, 4) is 5.75 Å². The lowest BCUT2D eigenvalue weighted by Crippen LogP contribution is -2.41. The van der Waals surface area contributed by atoms with Crippen LogP contribution in [0.1, 0.15) is 24.9 Å². The van der Waals surface area contributed by atoms with Crippen LogP contribution in [0.25, 0.3) is 0 Å². The molecule has 0 aliphatic carbocycles. The van der Waals surface area contributed by atoms with Crippen molar-refractivity contribution in [2.24, 2.45) is 0 Å². The zero-order valence-electron chi connectivity index (χ0n) is 15.5. The summed E-state index contributed by atoms with van der Waals surface area (Å²) in [5.41, 5.74) is 1.26. The molecule has 0 heterocycles. The number of carbonyl (C=O) groups excluding carboxylic acids is 1. The van der Waals surface area contributed by atoms with Crippen molar-refractivity contribution in [2.75, 3.05) is 24.2 Å². The number of methoxy groups -OCH3 is 1. The van der Waals surface area contributed by atoms with Crippen LogP contribution in [0.5, 0.6) is 5.75 Å². The van der Waals surface area contributed by atoms with Gasteiger partial charge >= 0.3 is 0 Å². The van der Waals surface area contributed by atoms with E-state index in [0.717, 1.165) is 16.1 Å². The average molecular weight is 411 g/mol. The lowest BCUT2D eigenvalue weighted by molar-refractivity contribution is -0.120. The Morgan fingerprint density at radius 3 is 2.41 bits per heavy atom. The van der Waals surface area contributed by atoms with Crippen molar-refractivity contribution in [3.63, 3.8) is 0 Å². The van der Waals surface area contributed by atoms with E-state index >= 15 is 0 Å². The summed E-state index contributed by atoms with van der Waals surface area (Å²) in [5, 5.41) is 3.15. The second kappa shape index (κ2) is 9.10. The van der Waals surface area contributed by atoms with E-state index in [1.165, 1.54) is 13.2 Å². The molecule has 0 saturated heterocycles. The molecule has 1 amide bonds. The first-order valence-electron chi connectivity index (χ1n) is 8.41. The maximum absolute atomic E-state index is 12.5. The predicted molar refractivity (Wildman–Crippen MR) is 108 cm³/mol. The normalized spacial score (nSPS) is 12.3. The van der Waals surface area contributed by atoms with Gasteiger partial charge in [-0.3, -0.25) is 9.10 Å². The number of carbonyl (C=O) groups is 1. The molecule has 2 aromatic rings. The number of anilines is 1. The van der Waals surface area contributed by atoms with Gasteiger partial charge in [-0.05, 0) is 30.2 Å². The first-order chi connectivity index (χ1) is 12.8. The number of ether oxygens (including phenoxy) is 1. The first kappa shape index (κ1) is 21.1. The maximum Gasteiger partial charge on any atom is 0.241 e. The van der Waals surface area contributed by atoms with Crippen LogP contribution in [0.3, 0.4) is 0 Å². The highest BCUT2D eigenvalue weighted by Gasteiger charge is 2.23. The van der Waals surface area contributed by atoms with Gasteiger partial charge in [-0.15, -0.1) is 0 Å². The van der Waals surface area contributed by atoms with Gasteiger partial charge in [-0.1, -0.05) is 48.9 Å². The number of rotatable bonds is 8. The smallest absolute Gasteiger partial charge is 0.241 e. The molecular formula is C19H23ClN2O4S. The standard InChI is InChI=1S/C19H23ClN2O4S/c1-4-17(14-8-6-5-7-9-14)21-19(23)13-22(27(3,24)25)15-10-11-18(26-2)16(20)12-15/h5-12,17H,4,13H2,1-3H3,(H,21,23)/t17-/m0/s1. The fourth-order valence-electron chi connectivity index (χ4n) is 2.69. The minimum Gasteiger partial charge on any atom is -0.495 e. The number of nitrogens with zero attached hydrogens (tertiary/aromatic N) is 1. The summed E-state index contributed by atoms with van der Waals surface area (Å²) in [6.07, 6.45) is 1.73. The van der Waals surface area contributed by atoms with Crippen LogP contribution in [0.2, 0.25) is 5.02 Å². The Morgan fingerprint density at radius 2 is 1.89 bits per heavy atom. The topological polar surface area (TPSA) is 75.7 Å². The van der Waals surface area contributed by atoms with Gasteiger partial charge < -0.3 is 10.1 Å². The molecule has 0 spiro atoms. The molecular weight excluding hydrogens is 388 g/mol. The molecule has 0 fully saturated rings. The van der Waals surface area contributed by atoms with Crippen LogP contribution in [0, 0.1) is 0 Å². The lowest BCUT2D eigenvalue weighted by atomic mass is 10.0. The number of hydrogen-bond acceptors (Lipinski definition) is 4. The number of hydrogen-bond donors (Lipinski definition) is 1. The summed E-state index contributed by atoms with van der Waals surface area (Å²) in [6, 6.07) is 13.9. The van der Waals surface area contributed by atoms with Gasteiger partial charge in [0, 0.05) is 0 Å². The minimum absolute atomic E-state index is 0.195. The number of nitrogens with one attached hydrogen (secondary N) is 1. The van der Waals surface area contributed by atoms with Gasteiger partial charge in [0.15, 0.2) is 0 Å². The third kappa shape index (κ3) is 5.61. The van der Waals surface area contributed by atoms with Crippen LogP contribution >= 0.6 is 11.6 Å². The van der Waals surface area contributed by atoms with E-state index < -0.39 is 15.9 Å². The molecule has 8 heteroatoms. The maximum atomic E-state index is 12.5. The Morgan fingerprint density at radius 1 is 1.22 bits per heavy atom. The van der Waals surface area contributed by atoms with E-state index in [1.54, 1.807) is 12.1 Å². The summed E-state index contributed by atoms with van der Waals surface area (Å²) in [7, 11) is -2.21. The molecule has 0 aliphatic heterocycles. The van der Waals surface area contributed by atoms with Crippen LogP contribution in [0.4, 0.5) is 5.69 Å². The SMILES string of the molecule is CC[C@H](NC(=O)CN(c1ccc(OC)c(Cl)c1)S(C)(=O)=O)c1ccccc1. The van der Waals surface area contributed by atoms with Crippen LogP contribution in [-0.2, 0) is 14.8 Å². The fraction of sp³-hybridized carbons (Fsp3) is 0.316. The summed E-state index contributed by atoms with van der Waals surface area (Å²) >= 11 is 6.10. The Labute approximate surface area is 165 Å². The molecule has 0 unspecified atom stereocenters. The van der Waals surface area contributed by atoms with Gasteiger partial charge in [-0.25, -0.2) is 8.42 Å². The largest absolute Gasteiger partial charge is 0.495 e. The second-order valence-corrected chi connectivity index (χ2v) is 8.34. The van der Waals surface area contributed by atoms with Crippen molar-refractivity contribution in [1.29, 1.82) is 0 Å². The lowest BCUT2D eigenvalue weighted by Gasteiger charge is -2.24. The summed E-state index contributed by atoms with van der Waals surface area (Å²) in [6.45, 7) is 1.61. The molecule has 1 atom stereocenters. The van der Waals surface area contributed by atoms with Gasteiger partial charge in [-0.2, -0.15) is 0 Å². The van der Waals surface area contributed by atoms with Gasteiger partial charge in [0.2, 0.25) is 15.9 Å². The molecule has 27 heavy (non-hydrogen) atoms. The average Bonchev–Trinajstić information content (AvgIpc) is 2.64. The third-order valence-corrected chi connectivity index (χ3v) is 5.49. The van der Waals surface area contributed by atoms with Gasteiger partial charge in [0.05, 0.1) is 30.1 Å². The Balaban J connectivity index is 2.21. The van der Waals surface area contributed by atoms with Crippen molar-refractivity contribution in [3.05, 3.63) is 59.1 Å². The summed E-state index contributed by atoms with van der Waals surface area (Å²) < 4.78 is 30.6. The van der Waals surface area contributed by atoms with E-state index in [-0.39, 0.29) is 17.6 Å². The van der Waals surface area contributed by atoms with Crippen molar-refractivity contribution in [2.45, 2.75) is 19.4 Å². The molecule has 0 aliphatic rings. The molecule has 2 aromatic carbocycles. The quantitative estimate of drug-likeness (QED) is 0.723. The third-order valence-electron chi connectivity index (χ3n) is 4.06. The number of sulfonamides is 1. The second-order valence-electron chi connectivity index (χ2n) is 6.03. The van der Waals surface area contributed by atoms with E-state index in [1.807, 2.05) is 37.3 Å². The van der Waals surface area contributed by atoms with Crippen molar-refractivity contribution >= 4 is 33.2 Å². The highest BCUT2D eigenvalue weighted by atomic mass is 35.5. The first-order valence-corrected chi connectivity index (χ1v) is 10.6. The van der Waals surface area contributed by atoms with E-state index in [0.29, 0.717) is 17.9 Å². The highest BCUT2D eigenvalue weighted by molar-refractivity contribution is 7.92. The molecule has 0 bridgehead atoms. The number of benzene rings is 2. The zero-order valence-corrected chi connectivity index (χ0v) is 17.0. The zero-order chi connectivity index (χ0) is 20.0. The van der Waals surface area contributed by atoms with E-state index in [4.69, 9.17) is 16.3 Å². The number of halogens is 1. The highest BCUT2D eigenvalue weighted by Crippen LogP contribution is 2.30. The molecule has 0 saturated carbocycles. The van der Waals surface area contributed by atoms with E-state index in [2.05, 4.69) is 5.32 Å². The predicted octanol–water partition coefficient (Wildman–Crippen LogP) is 3.38. The monoisotopic (exact) mass is 410 g/mol. The molecule has 6 nitrogen and oxygen atoms in total. The van der Waals surface area contributed by atoms with Crippen molar-refractivity contribution in [1.82, 2.24) is 5.32 Å². The Bertz CT molecular complexity index is 888. The van der Waals surface area contributed by atoms with E-state index in [9.17, 15) is 13.2 Å². The molecule has 0 radical (unpaired) electrons. The van der Waals surface area contributed by atoms with Crippen LogP contribution in [0.15, 0.2) is 48.5 Å². The van der Waals surface area contributed by atoms with Crippen molar-refractivity contribution < 1.29 is 17.9 Å². The minimum atomic E-state index is -3.68. The molecule has 2 rings (SSSR count). The van der Waals surface area contributed by atoms with Gasteiger partial charge in [0.25, 0.3) is 0 Å². The molecule has 0 aromatic heterocycles. The summed E-state index contributed by atoms with van der Waals surface area (Å²) in [5.74, 6) is 0.0245. The number of amides is 1. The van der Waals surface area contributed by atoms with Gasteiger partial charge in [0.1, 0.15) is 12.3 Å². The van der Waals surface area contributed by atoms with Crippen LogP contribution in [-0.4, -0.2) is 34.2 Å². The molecule has 1 N–H and O–H groups in total. The fourth-order valence-corrected chi connectivity index (χ4v) is 3.79. The Hall–Kier alpha value is -2.25.